The molecule has 0 N–H and O–H groups in total. The number of allylic oxidation sites excluding steroid dienone is 1. The molecule has 2 aromatic rings. The Morgan fingerprint density at radius 3 is 2.79 bits per heavy atom. The van der Waals surface area contributed by atoms with Crippen LogP contribution in [0.15, 0.2) is 28.4 Å². The molecule has 0 atom stereocenters. The number of nitrogens with zero attached hydrogens (tertiary/aromatic N) is 1. The Kier molecular flexibility index (Phi) is 5.84. The highest BCUT2D eigenvalue weighted by Crippen LogP contribution is 2.21. The average molecular weight is 355 g/mol. The number of aryl methyl sites for hydroxylation is 1. The molecular formula is C16H21NO6S. The molecule has 0 radical (unpaired) electrons. The Hall–Kier alpha value is -2.06. The first-order chi connectivity index (χ1) is 11.3. The van der Waals surface area contributed by atoms with Crippen LogP contribution >= 0.6 is 0 Å². The Labute approximate surface area is 141 Å². The molecular weight excluding hydrogens is 334 g/mol. The highest BCUT2D eigenvalue weighted by atomic mass is 32.2. The van der Waals surface area contributed by atoms with Crippen molar-refractivity contribution in [2.75, 3.05) is 19.5 Å². The highest BCUT2D eigenvalue weighted by molar-refractivity contribution is 7.85. The standard InChI is InChI=1S/C16H21NO6S/c1-4-22-12(2)10-16-17(8-5-9-24(18,19)20)14-11-13(21-3)6-7-15(14)23-16/h6-7,10-11H,4-5,8-9H2,1-3H3/b12-10-. The maximum atomic E-state index is 10.8. The maximum absolute atomic E-state index is 10.8. The van der Waals surface area contributed by atoms with E-state index in [-0.39, 0.29) is 6.42 Å². The number of hydrogen-bond acceptors (Lipinski definition) is 6. The van der Waals surface area contributed by atoms with Crippen LogP contribution in [0.25, 0.3) is 17.2 Å². The first-order valence-electron chi connectivity index (χ1n) is 7.59. The molecule has 0 saturated heterocycles. The van der Waals surface area contributed by atoms with Crippen molar-refractivity contribution in [2.45, 2.75) is 26.8 Å². The van der Waals surface area contributed by atoms with Crippen molar-refractivity contribution in [3.05, 3.63) is 29.8 Å². The van der Waals surface area contributed by atoms with Gasteiger partial charge in [-0.15, -0.1) is 0 Å². The van der Waals surface area contributed by atoms with E-state index in [9.17, 15) is 13.0 Å². The van der Waals surface area contributed by atoms with Crippen LogP contribution < -0.4 is 9.30 Å². The van der Waals surface area contributed by atoms with E-state index < -0.39 is 15.9 Å². The average Bonchev–Trinajstić information content (AvgIpc) is 2.83. The molecule has 0 fully saturated rings. The molecule has 24 heavy (non-hydrogen) atoms. The summed E-state index contributed by atoms with van der Waals surface area (Å²) in [7, 11) is -2.68. The molecule has 0 aliphatic rings. The molecule has 0 unspecified atom stereocenters. The third-order valence-corrected chi connectivity index (χ3v) is 4.20. The highest BCUT2D eigenvalue weighted by Gasteiger charge is 2.22. The fourth-order valence-corrected chi connectivity index (χ4v) is 2.87. The second kappa shape index (κ2) is 7.67. The molecule has 0 spiro atoms. The summed E-state index contributed by atoms with van der Waals surface area (Å²) in [4.78, 5) is 0. The van der Waals surface area contributed by atoms with Gasteiger partial charge >= 0.3 is 5.89 Å². The predicted molar refractivity (Wildman–Crippen MR) is 87.4 cm³/mol. The Morgan fingerprint density at radius 1 is 1.42 bits per heavy atom. The van der Waals surface area contributed by atoms with E-state index in [1.807, 2.05) is 18.4 Å². The number of methoxy groups -OCH3 is 1. The van der Waals surface area contributed by atoms with Gasteiger partial charge in [0.1, 0.15) is 11.5 Å². The quantitative estimate of drug-likeness (QED) is 0.409. The van der Waals surface area contributed by atoms with Crippen LogP contribution in [0, 0.1) is 0 Å². The summed E-state index contributed by atoms with van der Waals surface area (Å²) in [5, 5.41) is 0. The van der Waals surface area contributed by atoms with Gasteiger partial charge in [-0.2, -0.15) is 4.57 Å². The number of ether oxygens (including phenoxy) is 2. The van der Waals surface area contributed by atoms with Crippen molar-refractivity contribution in [1.29, 1.82) is 0 Å². The minimum atomic E-state index is -4.25. The van der Waals surface area contributed by atoms with Crippen molar-refractivity contribution in [3.8, 4) is 5.75 Å². The molecule has 1 aromatic carbocycles. The molecule has 0 amide bonds. The molecule has 7 nitrogen and oxygen atoms in total. The summed E-state index contributed by atoms with van der Waals surface area (Å²) in [6.45, 7) is 4.55. The lowest BCUT2D eigenvalue weighted by atomic mass is 10.3. The molecule has 2 rings (SSSR count). The van der Waals surface area contributed by atoms with Crippen molar-refractivity contribution in [3.63, 3.8) is 0 Å². The van der Waals surface area contributed by atoms with Crippen LogP contribution in [0.1, 0.15) is 26.2 Å². The van der Waals surface area contributed by atoms with E-state index in [2.05, 4.69) is 0 Å². The van der Waals surface area contributed by atoms with Gasteiger partial charge in [-0.1, -0.05) is 0 Å². The fraction of sp³-hybridized carbons (Fsp3) is 0.438. The third kappa shape index (κ3) is 4.72. The summed E-state index contributed by atoms with van der Waals surface area (Å²) in [5.74, 6) is 1.43. The monoisotopic (exact) mass is 355 g/mol. The van der Waals surface area contributed by atoms with Gasteiger partial charge in [-0.25, -0.2) is 8.42 Å². The fourth-order valence-electron chi connectivity index (χ4n) is 2.39. The molecule has 0 aliphatic heterocycles. The van der Waals surface area contributed by atoms with Crippen LogP contribution in [0.2, 0.25) is 0 Å². The zero-order valence-electron chi connectivity index (χ0n) is 13.9. The second-order valence-corrected chi connectivity index (χ2v) is 6.75. The van der Waals surface area contributed by atoms with Crippen LogP contribution in [-0.2, 0) is 21.4 Å². The summed E-state index contributed by atoms with van der Waals surface area (Å²) < 4.78 is 50.8. The van der Waals surface area contributed by atoms with E-state index in [1.54, 1.807) is 31.4 Å². The molecule has 1 heterocycles. The van der Waals surface area contributed by atoms with Crippen molar-refractivity contribution in [1.82, 2.24) is 0 Å². The lowest BCUT2D eigenvalue weighted by molar-refractivity contribution is -0.677. The Balaban J connectivity index is 2.42. The lowest BCUT2D eigenvalue weighted by Gasteiger charge is -2.04. The first-order valence-corrected chi connectivity index (χ1v) is 9.17. The van der Waals surface area contributed by atoms with Gasteiger partial charge in [0.05, 0.1) is 36.0 Å². The number of benzene rings is 1. The number of hydrogen-bond donors (Lipinski definition) is 0. The second-order valence-electron chi connectivity index (χ2n) is 5.23. The van der Waals surface area contributed by atoms with Gasteiger partial charge in [0.2, 0.25) is 5.58 Å². The Bertz CT molecular complexity index is 838. The maximum Gasteiger partial charge on any atom is 0.377 e. The smallest absolute Gasteiger partial charge is 0.377 e. The minimum absolute atomic E-state index is 0.191. The van der Waals surface area contributed by atoms with Crippen LogP contribution in [-0.4, -0.2) is 32.4 Å². The van der Waals surface area contributed by atoms with Gasteiger partial charge < -0.3 is 18.4 Å². The largest absolute Gasteiger partial charge is 0.748 e. The summed E-state index contributed by atoms with van der Waals surface area (Å²) >= 11 is 0. The normalized spacial score (nSPS) is 12.6. The lowest BCUT2D eigenvalue weighted by Crippen LogP contribution is -2.36. The van der Waals surface area contributed by atoms with Gasteiger partial charge in [-0.05, 0) is 26.0 Å². The number of fused-ring (bicyclic) bond motifs is 1. The van der Waals surface area contributed by atoms with Crippen LogP contribution in [0.5, 0.6) is 5.75 Å². The van der Waals surface area contributed by atoms with E-state index in [1.165, 1.54) is 0 Å². The van der Waals surface area contributed by atoms with Crippen molar-refractivity contribution >= 4 is 27.3 Å². The zero-order chi connectivity index (χ0) is 17.7. The van der Waals surface area contributed by atoms with Crippen LogP contribution in [0.4, 0.5) is 0 Å². The minimum Gasteiger partial charge on any atom is -0.748 e. The molecule has 0 saturated carbocycles. The summed E-state index contributed by atoms with van der Waals surface area (Å²) in [6, 6.07) is 5.36. The van der Waals surface area contributed by atoms with Crippen molar-refractivity contribution < 1.29 is 31.4 Å². The molecule has 0 aliphatic carbocycles. The topological polar surface area (TPSA) is 92.7 Å². The van der Waals surface area contributed by atoms with Gasteiger partial charge in [-0.3, -0.25) is 0 Å². The number of oxazole rings is 1. The summed E-state index contributed by atoms with van der Waals surface area (Å²) in [5.41, 5.74) is 1.39. The van der Waals surface area contributed by atoms with E-state index in [4.69, 9.17) is 13.9 Å². The van der Waals surface area contributed by atoms with Crippen LogP contribution in [0.3, 0.4) is 0 Å². The van der Waals surface area contributed by atoms with E-state index >= 15 is 0 Å². The predicted octanol–water partition coefficient (Wildman–Crippen LogP) is 2.06. The van der Waals surface area contributed by atoms with E-state index in [0.717, 1.165) is 5.52 Å². The number of aromatic nitrogens is 1. The number of rotatable bonds is 8. The molecule has 1 aromatic heterocycles. The first kappa shape index (κ1) is 18.3. The van der Waals surface area contributed by atoms with E-state index in [0.29, 0.717) is 36.1 Å². The molecule has 0 bridgehead atoms. The molecule has 8 heteroatoms. The summed E-state index contributed by atoms with van der Waals surface area (Å²) in [6.07, 6.45) is 1.93. The SMILES string of the molecule is CCO/C(C)=C\c1oc2ccc(OC)cc2[n+]1CCCS(=O)(=O)[O-]. The zero-order valence-corrected chi connectivity index (χ0v) is 14.8. The third-order valence-electron chi connectivity index (χ3n) is 3.41. The Morgan fingerprint density at radius 2 is 2.17 bits per heavy atom. The van der Waals surface area contributed by atoms with Gasteiger partial charge in [0.25, 0.3) is 5.52 Å². The van der Waals surface area contributed by atoms with Gasteiger partial charge in [0, 0.05) is 12.2 Å². The van der Waals surface area contributed by atoms with Crippen molar-refractivity contribution in [2.24, 2.45) is 0 Å². The van der Waals surface area contributed by atoms with Gasteiger partial charge in [0.15, 0.2) is 6.54 Å². The molecule has 132 valence electrons.